The van der Waals surface area contributed by atoms with Crippen LogP contribution in [0.1, 0.15) is 99.2 Å². The van der Waals surface area contributed by atoms with Gasteiger partial charge in [0.05, 0.1) is 0 Å². The molecule has 0 saturated carbocycles. The van der Waals surface area contributed by atoms with Gasteiger partial charge in [-0.2, -0.15) is 0 Å². The average molecular weight is 630 g/mol. The van der Waals surface area contributed by atoms with Crippen LogP contribution in [0.15, 0.2) is 115 Å². The van der Waals surface area contributed by atoms with E-state index in [1.54, 1.807) is 11.1 Å². The second kappa shape index (κ2) is 12.4. The summed E-state index contributed by atoms with van der Waals surface area (Å²) in [5.74, 6) is 0.815. The zero-order chi connectivity index (χ0) is 33.9. The fraction of sp³-hybridized carbons (Fsp3) is 0.319. The third-order valence-corrected chi connectivity index (χ3v) is 11.5. The van der Waals surface area contributed by atoms with E-state index in [-0.39, 0.29) is 5.41 Å². The van der Waals surface area contributed by atoms with Gasteiger partial charge in [-0.05, 0) is 123 Å². The maximum absolute atomic E-state index is 4.17. The Morgan fingerprint density at radius 3 is 2.46 bits per heavy atom. The molecular weight excluding hydrogens is 579 g/mol. The molecule has 0 radical (unpaired) electrons. The fourth-order valence-electron chi connectivity index (χ4n) is 9.30. The molecule has 2 aliphatic heterocycles. The first-order chi connectivity index (χ1) is 23.2. The topological polar surface area (TPSA) is 12.0 Å². The molecule has 5 aliphatic rings. The normalized spacial score (nSPS) is 24.2. The molecule has 3 aliphatic carbocycles. The van der Waals surface area contributed by atoms with Gasteiger partial charge >= 0.3 is 0 Å². The number of hydrogen-bond acceptors (Lipinski definition) is 1. The lowest BCUT2D eigenvalue weighted by atomic mass is 9.71. The number of hydrogen-bond donors (Lipinski definition) is 1. The predicted octanol–water partition coefficient (Wildman–Crippen LogP) is 12.0. The molecule has 1 N–H and O–H groups in total. The van der Waals surface area contributed by atoms with Gasteiger partial charge in [0.25, 0.3) is 0 Å². The smallest absolute Gasteiger partial charge is 0.0363 e. The molecule has 244 valence electrons. The van der Waals surface area contributed by atoms with E-state index in [2.05, 4.69) is 140 Å². The van der Waals surface area contributed by atoms with Crippen LogP contribution in [0.2, 0.25) is 0 Å². The van der Waals surface area contributed by atoms with Crippen LogP contribution in [0, 0.1) is 12.8 Å². The fourth-order valence-corrected chi connectivity index (χ4v) is 9.30. The second-order valence-electron chi connectivity index (χ2n) is 15.0. The van der Waals surface area contributed by atoms with Gasteiger partial charge in [-0.1, -0.05) is 138 Å². The van der Waals surface area contributed by atoms with Gasteiger partial charge in [0.1, 0.15) is 0 Å². The summed E-state index contributed by atoms with van der Waals surface area (Å²) in [6.45, 7) is 24.0. The van der Waals surface area contributed by atoms with Gasteiger partial charge in [-0.25, -0.2) is 0 Å². The van der Waals surface area contributed by atoms with Crippen molar-refractivity contribution in [1.29, 1.82) is 0 Å². The molecule has 3 unspecified atom stereocenters. The van der Waals surface area contributed by atoms with E-state index in [4.69, 9.17) is 0 Å². The first-order valence-electron chi connectivity index (χ1n) is 18.0. The maximum atomic E-state index is 4.17. The average Bonchev–Trinajstić information content (AvgIpc) is 3.55. The molecule has 3 aromatic carbocycles. The molecule has 48 heavy (non-hydrogen) atoms. The molecule has 1 nitrogen and oxygen atoms in total. The number of allylic oxidation sites excluding steroid dienone is 10. The second-order valence-corrected chi connectivity index (χ2v) is 15.0. The third kappa shape index (κ3) is 4.85. The Hall–Kier alpha value is -4.20. The van der Waals surface area contributed by atoms with E-state index in [0.717, 1.165) is 12.8 Å². The van der Waals surface area contributed by atoms with Crippen molar-refractivity contribution in [2.24, 2.45) is 5.92 Å². The molecule has 1 fully saturated rings. The van der Waals surface area contributed by atoms with E-state index < -0.39 is 0 Å². The molecule has 0 amide bonds. The summed E-state index contributed by atoms with van der Waals surface area (Å²) in [6.07, 6.45) is 25.6. The van der Waals surface area contributed by atoms with Crippen molar-refractivity contribution in [3.05, 3.63) is 154 Å². The molecular formula is C47H51N. The Bertz CT molecular complexity index is 2050. The molecule has 4 atom stereocenters. The minimum atomic E-state index is -0.156. The van der Waals surface area contributed by atoms with Crippen molar-refractivity contribution >= 4 is 21.9 Å². The van der Waals surface area contributed by atoms with E-state index in [0.29, 0.717) is 23.9 Å². The van der Waals surface area contributed by atoms with E-state index in [1.165, 1.54) is 78.4 Å². The Labute approximate surface area is 288 Å². The number of aryl methyl sites for hydroxylation is 1. The van der Waals surface area contributed by atoms with Crippen molar-refractivity contribution in [1.82, 2.24) is 5.32 Å². The first-order valence-corrected chi connectivity index (χ1v) is 18.0. The molecule has 3 aromatic rings. The molecule has 2 heterocycles. The summed E-state index contributed by atoms with van der Waals surface area (Å²) in [7, 11) is 0. The molecule has 0 spiro atoms. The molecule has 1 heteroatoms. The van der Waals surface area contributed by atoms with Gasteiger partial charge < -0.3 is 5.32 Å². The van der Waals surface area contributed by atoms with Crippen LogP contribution in [0.4, 0.5) is 0 Å². The van der Waals surface area contributed by atoms with Gasteiger partial charge in [0.15, 0.2) is 0 Å². The van der Waals surface area contributed by atoms with Gasteiger partial charge in [-0.15, -0.1) is 0 Å². The number of fused-ring (bicyclic) bond motifs is 10. The predicted molar refractivity (Wildman–Crippen MR) is 210 cm³/mol. The summed E-state index contributed by atoms with van der Waals surface area (Å²) < 4.78 is 0. The minimum Gasteiger partial charge on any atom is -0.303 e. The Kier molecular flexibility index (Phi) is 8.33. The van der Waals surface area contributed by atoms with Crippen molar-refractivity contribution in [2.45, 2.75) is 91.1 Å². The van der Waals surface area contributed by atoms with Crippen molar-refractivity contribution < 1.29 is 0 Å². The quantitative estimate of drug-likeness (QED) is 0.219. The van der Waals surface area contributed by atoms with Crippen LogP contribution >= 0.6 is 0 Å². The molecule has 1 saturated heterocycles. The monoisotopic (exact) mass is 629 g/mol. The highest BCUT2D eigenvalue weighted by Crippen LogP contribution is 2.60. The number of nitrogens with one attached hydrogen (secondary N) is 1. The lowest BCUT2D eigenvalue weighted by Crippen LogP contribution is -2.35. The zero-order valence-electron chi connectivity index (χ0n) is 30.0. The highest BCUT2D eigenvalue weighted by Gasteiger charge is 2.46. The first kappa shape index (κ1) is 32.4. The Balaban J connectivity index is 0.00000117. The van der Waals surface area contributed by atoms with Crippen molar-refractivity contribution in [3.8, 4) is 11.1 Å². The molecule has 0 aromatic heterocycles. The van der Waals surface area contributed by atoms with Crippen LogP contribution in [0.25, 0.3) is 33.0 Å². The Morgan fingerprint density at radius 1 is 0.938 bits per heavy atom. The largest absolute Gasteiger partial charge is 0.303 e. The SMILES string of the molecule is C=C/C=C\C=C(/C)c1ccc2c(c1)C(C)(C)c1c-2c(/C(C)=C\C=C)c2c3c(c(C)ccc13)CC1=C3CC(C=C1)C1C=CC(N1)[C@H]32.CCC. The van der Waals surface area contributed by atoms with Gasteiger partial charge in [0.2, 0.25) is 0 Å². The van der Waals surface area contributed by atoms with Crippen LogP contribution in [-0.2, 0) is 11.8 Å². The van der Waals surface area contributed by atoms with Crippen LogP contribution < -0.4 is 5.32 Å². The van der Waals surface area contributed by atoms with Crippen LogP contribution in [0.5, 0.6) is 0 Å². The molecule has 8 rings (SSSR count). The summed E-state index contributed by atoms with van der Waals surface area (Å²) in [6, 6.07) is 12.7. The standard InChI is InChI=1S/C44H43N.C3H8/c1-8-10-11-13-25(3)28-17-19-31-35(24-28)44(6,7)43-32-18-14-26(4)33-22-29-15-16-30-23-34(29)40(37-21-20-36(30)45-37)42(39(32)33)38(41(31)43)27(5)12-9-2;1-3-2/h8-21,24,30,36-37,40,45H,1-2,22-23H2,3-7H3;3H2,1-2H3/b11-10-,25-13+,27-12-;/t30?,36?,37?,40-;/m0./s1. The van der Waals surface area contributed by atoms with Gasteiger partial charge in [-0.3, -0.25) is 0 Å². The minimum absolute atomic E-state index is 0.156. The van der Waals surface area contributed by atoms with Gasteiger partial charge in [0, 0.05) is 23.4 Å². The summed E-state index contributed by atoms with van der Waals surface area (Å²) in [4.78, 5) is 0. The van der Waals surface area contributed by atoms with Crippen LogP contribution in [0.3, 0.4) is 0 Å². The highest BCUT2D eigenvalue weighted by atomic mass is 15.0. The van der Waals surface area contributed by atoms with Crippen molar-refractivity contribution in [3.63, 3.8) is 0 Å². The van der Waals surface area contributed by atoms with Crippen LogP contribution in [-0.4, -0.2) is 12.1 Å². The summed E-state index contributed by atoms with van der Waals surface area (Å²) in [5.41, 5.74) is 18.4. The summed E-state index contributed by atoms with van der Waals surface area (Å²) in [5, 5.41) is 7.01. The summed E-state index contributed by atoms with van der Waals surface area (Å²) >= 11 is 0. The third-order valence-electron chi connectivity index (χ3n) is 11.5. The lowest BCUT2D eigenvalue weighted by Gasteiger charge is -2.32. The van der Waals surface area contributed by atoms with Crippen molar-refractivity contribution in [2.75, 3.05) is 0 Å². The highest BCUT2D eigenvalue weighted by molar-refractivity contribution is 6.08. The number of rotatable bonds is 5. The van der Waals surface area contributed by atoms with E-state index in [9.17, 15) is 0 Å². The lowest BCUT2D eigenvalue weighted by molar-refractivity contribution is 0.493. The number of benzene rings is 3. The van der Waals surface area contributed by atoms with E-state index >= 15 is 0 Å². The maximum Gasteiger partial charge on any atom is 0.0363 e. The Morgan fingerprint density at radius 2 is 1.71 bits per heavy atom. The van der Waals surface area contributed by atoms with E-state index in [1.807, 2.05) is 18.2 Å². The molecule has 4 bridgehead atoms. The zero-order valence-corrected chi connectivity index (χ0v) is 30.0.